The fourth-order valence-corrected chi connectivity index (χ4v) is 8.33. The van der Waals surface area contributed by atoms with Crippen LogP contribution in [0.4, 0.5) is 4.39 Å². The molecule has 0 spiro atoms. The van der Waals surface area contributed by atoms with Crippen LogP contribution in [0, 0.1) is 22.6 Å². The molecular formula is C30H34FNO. The van der Waals surface area contributed by atoms with Crippen LogP contribution in [0.1, 0.15) is 63.5 Å². The smallest absolute Gasteiger partial charge is 0.129 e. The lowest BCUT2D eigenvalue weighted by atomic mass is 9.43. The number of nitrogens with one attached hydrogen (secondary N) is 1. The van der Waals surface area contributed by atoms with E-state index in [1.807, 2.05) is 6.07 Å². The van der Waals surface area contributed by atoms with Crippen molar-refractivity contribution in [2.24, 2.45) is 16.7 Å². The third-order valence-corrected chi connectivity index (χ3v) is 8.61. The van der Waals surface area contributed by atoms with Crippen LogP contribution in [-0.2, 0) is 13.2 Å². The Labute approximate surface area is 196 Å². The third kappa shape index (κ3) is 3.85. The minimum atomic E-state index is -0.215. The fraction of sp³-hybridized carbons (Fsp3) is 0.467. The maximum Gasteiger partial charge on any atom is 0.129 e. The zero-order chi connectivity index (χ0) is 22.7. The van der Waals surface area contributed by atoms with Crippen LogP contribution in [-0.4, -0.2) is 5.54 Å². The predicted octanol–water partition coefficient (Wildman–Crippen LogP) is 7.40. The van der Waals surface area contributed by atoms with Crippen molar-refractivity contribution in [2.75, 3.05) is 0 Å². The van der Waals surface area contributed by atoms with E-state index in [0.717, 1.165) is 18.2 Å². The normalized spacial score (nSPS) is 32.4. The second kappa shape index (κ2) is 7.56. The van der Waals surface area contributed by atoms with Crippen LogP contribution < -0.4 is 10.1 Å². The van der Waals surface area contributed by atoms with Crippen LogP contribution in [0.25, 0.3) is 10.8 Å². The minimum absolute atomic E-state index is 0.215. The molecule has 3 aromatic rings. The lowest BCUT2D eigenvalue weighted by molar-refractivity contribution is -0.118. The van der Waals surface area contributed by atoms with Gasteiger partial charge >= 0.3 is 0 Å². The topological polar surface area (TPSA) is 21.3 Å². The molecule has 0 amide bonds. The summed E-state index contributed by atoms with van der Waals surface area (Å²) < 4.78 is 20.4. The summed E-state index contributed by atoms with van der Waals surface area (Å²) in [5.74, 6) is 1.49. The van der Waals surface area contributed by atoms with Crippen LogP contribution in [0.5, 0.6) is 5.75 Å². The van der Waals surface area contributed by atoms with Gasteiger partial charge in [-0.1, -0.05) is 62.4 Å². The van der Waals surface area contributed by atoms with Gasteiger partial charge in [0.1, 0.15) is 18.2 Å². The van der Waals surface area contributed by atoms with Crippen molar-refractivity contribution in [1.29, 1.82) is 0 Å². The summed E-state index contributed by atoms with van der Waals surface area (Å²) in [5, 5.41) is 6.52. The van der Waals surface area contributed by atoms with Crippen LogP contribution in [0.15, 0.2) is 60.7 Å². The summed E-state index contributed by atoms with van der Waals surface area (Å²) in [5.41, 5.74) is 2.96. The molecule has 1 N–H and O–H groups in total. The number of fused-ring (bicyclic) bond motifs is 1. The summed E-state index contributed by atoms with van der Waals surface area (Å²) in [6.45, 7) is 6.06. The molecule has 4 aliphatic carbocycles. The quantitative estimate of drug-likeness (QED) is 0.429. The number of benzene rings is 3. The molecule has 4 aliphatic rings. The molecule has 2 atom stereocenters. The minimum Gasteiger partial charge on any atom is -0.488 e. The Balaban J connectivity index is 1.30. The van der Waals surface area contributed by atoms with Gasteiger partial charge in [0.2, 0.25) is 0 Å². The van der Waals surface area contributed by atoms with E-state index < -0.39 is 0 Å². The van der Waals surface area contributed by atoms with E-state index in [4.69, 9.17) is 4.74 Å². The van der Waals surface area contributed by atoms with Crippen molar-refractivity contribution < 1.29 is 9.13 Å². The third-order valence-electron chi connectivity index (χ3n) is 8.61. The van der Waals surface area contributed by atoms with Gasteiger partial charge in [-0.15, -0.1) is 0 Å². The van der Waals surface area contributed by atoms with E-state index in [1.165, 1.54) is 60.9 Å². The van der Waals surface area contributed by atoms with Gasteiger partial charge in [-0.05, 0) is 78.2 Å². The van der Waals surface area contributed by atoms with Crippen molar-refractivity contribution in [3.63, 3.8) is 0 Å². The van der Waals surface area contributed by atoms with Gasteiger partial charge in [-0.25, -0.2) is 4.39 Å². The molecule has 2 unspecified atom stereocenters. The number of ether oxygens (including phenoxy) is 1. The standard InChI is InChI=1S/C30H34FNO/c1-28-13-21-14-29(2,18-28)20-30(15-21,19-28)32-16-25-24-9-5-3-7-22(24)11-12-27(25)33-17-23-8-4-6-10-26(23)31/h3-12,21,32H,13-20H2,1-2H3. The molecule has 33 heavy (non-hydrogen) atoms. The lowest BCUT2D eigenvalue weighted by Crippen LogP contribution is -2.63. The van der Waals surface area contributed by atoms with E-state index >= 15 is 0 Å². The number of halogens is 1. The molecule has 0 heterocycles. The van der Waals surface area contributed by atoms with Crippen LogP contribution >= 0.6 is 0 Å². The van der Waals surface area contributed by atoms with Gasteiger partial charge in [0.25, 0.3) is 0 Å². The second-order valence-electron chi connectivity index (χ2n) is 11.9. The van der Waals surface area contributed by atoms with E-state index in [1.54, 1.807) is 12.1 Å². The average molecular weight is 444 g/mol. The summed E-state index contributed by atoms with van der Waals surface area (Å²) in [6.07, 6.45) is 8.04. The van der Waals surface area contributed by atoms with Crippen molar-refractivity contribution in [3.05, 3.63) is 77.6 Å². The Hall–Kier alpha value is -2.39. The zero-order valence-electron chi connectivity index (χ0n) is 19.8. The highest BCUT2D eigenvalue weighted by Gasteiger charge is 2.59. The SMILES string of the molecule is CC12CC3CC(C)(C1)CC(NCc1c(OCc4ccccc4F)ccc4ccccc14)(C3)C2. The average Bonchev–Trinajstić information content (AvgIpc) is 2.75. The van der Waals surface area contributed by atoms with Gasteiger partial charge in [0.05, 0.1) is 0 Å². The summed E-state index contributed by atoms with van der Waals surface area (Å²) >= 11 is 0. The number of rotatable bonds is 6. The van der Waals surface area contributed by atoms with Crippen LogP contribution in [0.3, 0.4) is 0 Å². The summed E-state index contributed by atoms with van der Waals surface area (Å²) in [7, 11) is 0. The first kappa shape index (κ1) is 21.2. The summed E-state index contributed by atoms with van der Waals surface area (Å²) in [6, 6.07) is 19.6. The first-order valence-electron chi connectivity index (χ1n) is 12.5. The van der Waals surface area contributed by atoms with Crippen molar-refractivity contribution in [2.45, 2.75) is 71.1 Å². The Morgan fingerprint density at radius 1 is 0.879 bits per heavy atom. The molecule has 4 bridgehead atoms. The molecule has 0 radical (unpaired) electrons. The Kier molecular flexibility index (Phi) is 4.85. The Bertz CT molecular complexity index is 1180. The fourth-order valence-electron chi connectivity index (χ4n) is 8.33. The molecule has 4 fully saturated rings. The largest absolute Gasteiger partial charge is 0.488 e. The Morgan fingerprint density at radius 2 is 1.61 bits per heavy atom. The highest BCUT2D eigenvalue weighted by molar-refractivity contribution is 5.87. The molecule has 7 rings (SSSR count). The molecular weight excluding hydrogens is 409 g/mol. The van der Waals surface area contributed by atoms with Crippen molar-refractivity contribution in [3.8, 4) is 5.75 Å². The monoisotopic (exact) mass is 443 g/mol. The van der Waals surface area contributed by atoms with Crippen molar-refractivity contribution >= 4 is 10.8 Å². The maximum atomic E-state index is 14.2. The second-order valence-corrected chi connectivity index (χ2v) is 11.9. The van der Waals surface area contributed by atoms with E-state index in [-0.39, 0.29) is 18.0 Å². The predicted molar refractivity (Wildman–Crippen MR) is 132 cm³/mol. The molecule has 0 aromatic heterocycles. The zero-order valence-corrected chi connectivity index (χ0v) is 19.8. The van der Waals surface area contributed by atoms with Gasteiger partial charge in [0.15, 0.2) is 0 Å². The van der Waals surface area contributed by atoms with Crippen LogP contribution in [0.2, 0.25) is 0 Å². The summed E-state index contributed by atoms with van der Waals surface area (Å²) in [4.78, 5) is 0. The molecule has 3 heteroatoms. The van der Waals surface area contributed by atoms with E-state index in [2.05, 4.69) is 55.6 Å². The van der Waals surface area contributed by atoms with Gasteiger partial charge < -0.3 is 10.1 Å². The number of hydrogen-bond donors (Lipinski definition) is 1. The highest BCUT2D eigenvalue weighted by Crippen LogP contribution is 2.66. The Morgan fingerprint density at radius 3 is 2.36 bits per heavy atom. The highest BCUT2D eigenvalue weighted by atomic mass is 19.1. The molecule has 172 valence electrons. The first-order chi connectivity index (χ1) is 15.8. The maximum absolute atomic E-state index is 14.2. The first-order valence-corrected chi connectivity index (χ1v) is 12.5. The number of hydrogen-bond acceptors (Lipinski definition) is 2. The van der Waals surface area contributed by atoms with E-state index in [9.17, 15) is 4.39 Å². The molecule has 3 aromatic carbocycles. The molecule has 4 saturated carbocycles. The van der Waals surface area contributed by atoms with E-state index in [0.29, 0.717) is 16.4 Å². The van der Waals surface area contributed by atoms with Crippen molar-refractivity contribution in [1.82, 2.24) is 5.32 Å². The molecule has 0 saturated heterocycles. The lowest BCUT2D eigenvalue weighted by Gasteiger charge is -2.65. The van der Waals surface area contributed by atoms with Gasteiger partial charge in [-0.3, -0.25) is 0 Å². The van der Waals surface area contributed by atoms with Gasteiger partial charge in [0, 0.05) is 23.2 Å². The molecule has 0 aliphatic heterocycles. The molecule has 2 nitrogen and oxygen atoms in total. The van der Waals surface area contributed by atoms with Gasteiger partial charge in [-0.2, -0.15) is 0 Å².